The van der Waals surface area contributed by atoms with Gasteiger partial charge in [0.1, 0.15) is 16.4 Å². The molecular weight excluding hydrogens is 518 g/mol. The van der Waals surface area contributed by atoms with E-state index in [1.165, 1.54) is 43.3 Å². The number of nitrogens with two attached hydrogens (primary N) is 1. The molecule has 0 bridgehead atoms. The third-order valence-corrected chi connectivity index (χ3v) is 9.14. The summed E-state index contributed by atoms with van der Waals surface area (Å²) in [5.74, 6) is 0.660. The second-order valence-electron chi connectivity index (χ2n) is 10.4. The number of fused-ring (bicyclic) bond motifs is 2. The summed E-state index contributed by atoms with van der Waals surface area (Å²) in [5.41, 5.74) is 9.56. The van der Waals surface area contributed by atoms with Gasteiger partial charge in [-0.15, -0.1) is 22.7 Å². The van der Waals surface area contributed by atoms with Crippen molar-refractivity contribution >= 4 is 40.1 Å². The number of anilines is 1. The molecule has 0 saturated heterocycles. The second kappa shape index (κ2) is 12.3. The lowest BCUT2D eigenvalue weighted by atomic mass is 9.95. The average molecular weight is 556 g/mol. The topological polar surface area (TPSA) is 103 Å². The molecular formula is C29H37N3O4S2. The van der Waals surface area contributed by atoms with Gasteiger partial charge in [-0.3, -0.25) is 4.79 Å². The van der Waals surface area contributed by atoms with Crippen molar-refractivity contribution in [2.75, 3.05) is 19.0 Å². The fourth-order valence-corrected chi connectivity index (χ4v) is 7.59. The zero-order chi connectivity index (χ0) is 27.3. The van der Waals surface area contributed by atoms with Crippen molar-refractivity contribution in [3.05, 3.63) is 56.3 Å². The van der Waals surface area contributed by atoms with Gasteiger partial charge in [0.05, 0.1) is 12.7 Å². The maximum atomic E-state index is 13.3. The van der Waals surface area contributed by atoms with E-state index in [4.69, 9.17) is 14.3 Å². The van der Waals surface area contributed by atoms with Crippen LogP contribution in [0.25, 0.3) is 10.4 Å². The fourth-order valence-electron chi connectivity index (χ4n) is 4.99. The third kappa shape index (κ3) is 6.39. The number of thiophene rings is 2. The monoisotopic (exact) mass is 555 g/mol. The molecule has 0 atom stereocenters. The lowest BCUT2D eigenvalue weighted by molar-refractivity contribution is -0.106. The number of nitrogens with one attached hydrogen (secondary N) is 2. The van der Waals surface area contributed by atoms with Gasteiger partial charge in [-0.1, -0.05) is 12.1 Å². The smallest absolute Gasteiger partial charge is 0.341 e. The highest BCUT2D eigenvalue weighted by atomic mass is 32.1. The number of rotatable bonds is 6. The van der Waals surface area contributed by atoms with Crippen molar-refractivity contribution in [2.24, 2.45) is 5.73 Å². The van der Waals surface area contributed by atoms with E-state index in [2.05, 4.69) is 34.6 Å². The van der Waals surface area contributed by atoms with Crippen LogP contribution >= 0.6 is 22.7 Å². The molecule has 0 fully saturated rings. The van der Waals surface area contributed by atoms with Crippen molar-refractivity contribution in [1.29, 1.82) is 0 Å². The Labute approximate surface area is 232 Å². The van der Waals surface area contributed by atoms with Gasteiger partial charge in [0.15, 0.2) is 0 Å². The van der Waals surface area contributed by atoms with Gasteiger partial charge in [-0.05, 0) is 93.8 Å². The van der Waals surface area contributed by atoms with E-state index >= 15 is 0 Å². The predicted molar refractivity (Wildman–Crippen MR) is 155 cm³/mol. The summed E-state index contributed by atoms with van der Waals surface area (Å²) in [5, 5.41) is 8.17. The minimum Gasteiger partial charge on any atom is -0.497 e. The number of ether oxygens (including phenoxy) is 2. The zero-order valence-electron chi connectivity index (χ0n) is 22.6. The van der Waals surface area contributed by atoms with Crippen molar-refractivity contribution in [2.45, 2.75) is 71.6 Å². The molecule has 1 aliphatic carbocycles. The highest BCUT2D eigenvalue weighted by Crippen LogP contribution is 2.42. The first-order chi connectivity index (χ1) is 18.3. The van der Waals surface area contributed by atoms with Crippen LogP contribution in [0, 0.1) is 0 Å². The Kier molecular flexibility index (Phi) is 9.12. The molecule has 4 N–H and O–H groups in total. The van der Waals surface area contributed by atoms with E-state index in [1.807, 2.05) is 38.2 Å². The number of benzene rings is 1. The van der Waals surface area contributed by atoms with E-state index in [0.717, 1.165) is 55.1 Å². The molecule has 5 rings (SSSR count). The minimum atomic E-state index is -0.517. The van der Waals surface area contributed by atoms with Crippen LogP contribution in [0.4, 0.5) is 5.00 Å². The molecule has 1 aromatic carbocycles. The predicted octanol–water partition coefficient (Wildman–Crippen LogP) is 5.68. The number of aryl methyl sites for hydroxylation is 1. The molecule has 2 aromatic heterocycles. The second-order valence-corrected chi connectivity index (χ2v) is 12.6. The Balaban J connectivity index is 0.00000107. The molecule has 9 heteroatoms. The number of carbonyl (C=O) groups is 2. The van der Waals surface area contributed by atoms with E-state index < -0.39 is 5.60 Å². The van der Waals surface area contributed by atoms with Gasteiger partial charge in [0.25, 0.3) is 0 Å². The molecule has 3 aromatic rings. The van der Waals surface area contributed by atoms with Gasteiger partial charge < -0.3 is 25.8 Å². The summed E-state index contributed by atoms with van der Waals surface area (Å²) in [6.45, 7) is 8.39. The van der Waals surface area contributed by atoms with Crippen LogP contribution in [0.2, 0.25) is 0 Å². The number of amides is 1. The summed E-state index contributed by atoms with van der Waals surface area (Å²) < 4.78 is 11.3. The number of methoxy groups -OCH3 is 1. The molecule has 38 heavy (non-hydrogen) atoms. The van der Waals surface area contributed by atoms with Crippen LogP contribution in [0.5, 0.6) is 5.75 Å². The van der Waals surface area contributed by atoms with Gasteiger partial charge in [-0.2, -0.15) is 0 Å². The molecule has 0 saturated carbocycles. The minimum absolute atomic E-state index is 0.205. The Morgan fingerprint density at radius 1 is 1.13 bits per heavy atom. The van der Waals surface area contributed by atoms with Gasteiger partial charge in [-0.25, -0.2) is 4.79 Å². The van der Waals surface area contributed by atoms with Crippen LogP contribution in [-0.4, -0.2) is 31.6 Å². The van der Waals surface area contributed by atoms with Gasteiger partial charge in [0.2, 0.25) is 6.41 Å². The van der Waals surface area contributed by atoms with E-state index in [9.17, 15) is 4.79 Å². The highest BCUT2D eigenvalue weighted by molar-refractivity contribution is 7.17. The van der Waals surface area contributed by atoms with Crippen molar-refractivity contribution in [3.63, 3.8) is 0 Å². The lowest BCUT2D eigenvalue weighted by Crippen LogP contribution is -2.25. The number of hydrogen-bond acceptors (Lipinski definition) is 8. The first-order valence-corrected chi connectivity index (χ1v) is 14.6. The molecule has 7 nitrogen and oxygen atoms in total. The Bertz CT molecular complexity index is 1290. The van der Waals surface area contributed by atoms with Crippen LogP contribution < -0.4 is 21.1 Å². The van der Waals surface area contributed by atoms with Crippen LogP contribution in [-0.2, 0) is 41.9 Å². The Morgan fingerprint density at radius 2 is 1.89 bits per heavy atom. The number of hydrogen-bond donors (Lipinski definition) is 3. The van der Waals surface area contributed by atoms with E-state index in [0.29, 0.717) is 6.54 Å². The van der Waals surface area contributed by atoms with Crippen LogP contribution in [0.15, 0.2) is 24.3 Å². The van der Waals surface area contributed by atoms with Gasteiger partial charge in [0, 0.05) is 27.7 Å². The molecule has 1 amide bonds. The zero-order valence-corrected chi connectivity index (χ0v) is 24.2. The number of esters is 1. The fraction of sp³-hybridized carbons (Fsp3) is 0.448. The van der Waals surface area contributed by atoms with Crippen molar-refractivity contribution in [3.8, 4) is 16.2 Å². The average Bonchev–Trinajstić information content (AvgIpc) is 3.45. The van der Waals surface area contributed by atoms with Crippen molar-refractivity contribution in [1.82, 2.24) is 5.32 Å². The molecule has 204 valence electrons. The van der Waals surface area contributed by atoms with E-state index in [1.54, 1.807) is 18.4 Å². The summed E-state index contributed by atoms with van der Waals surface area (Å²) in [6, 6.07) is 8.31. The molecule has 0 spiro atoms. The summed E-state index contributed by atoms with van der Waals surface area (Å²) in [7, 11) is 1.71. The van der Waals surface area contributed by atoms with Crippen LogP contribution in [0.1, 0.15) is 70.4 Å². The third-order valence-electron chi connectivity index (χ3n) is 6.57. The first kappa shape index (κ1) is 28.1. The Hall–Kier alpha value is -2.88. The number of primary amides is 1. The maximum absolute atomic E-state index is 13.3. The summed E-state index contributed by atoms with van der Waals surface area (Å²) in [6.07, 6.45) is 5.59. The first-order valence-electron chi connectivity index (χ1n) is 13.0. The highest BCUT2D eigenvalue weighted by Gasteiger charge is 2.30. The lowest BCUT2D eigenvalue weighted by Gasteiger charge is -2.21. The SMILES string of the molecule is COc1cccc(-c2sc3c(c2CNc2sc4c(c2C(=O)OC(C)(C)C)CCCC4)CCNC3)c1.NC=O. The van der Waals surface area contributed by atoms with Gasteiger partial charge >= 0.3 is 5.97 Å². The summed E-state index contributed by atoms with van der Waals surface area (Å²) in [4.78, 5) is 25.9. The molecule has 1 aliphatic heterocycles. The van der Waals surface area contributed by atoms with Crippen LogP contribution in [0.3, 0.4) is 0 Å². The normalized spacial score (nSPS) is 14.4. The van der Waals surface area contributed by atoms with Crippen molar-refractivity contribution < 1.29 is 19.1 Å². The number of carbonyl (C=O) groups excluding carboxylic acids is 2. The summed E-state index contributed by atoms with van der Waals surface area (Å²) >= 11 is 3.61. The Morgan fingerprint density at radius 3 is 2.63 bits per heavy atom. The van der Waals surface area contributed by atoms with E-state index in [-0.39, 0.29) is 12.4 Å². The standard InChI is InChI=1S/C28H34N2O3S2.CH3NO/c1-28(2,3)33-27(31)24-20-10-5-6-11-22(20)35-26(24)30-15-21-19-12-13-29-16-23(19)34-25(21)17-8-7-9-18(14-17)32-4;2-1-3/h7-9,14,29-30H,5-6,10-13,15-16H2,1-4H3;1H,(H2,2,3). The largest absolute Gasteiger partial charge is 0.497 e. The molecule has 3 heterocycles. The molecule has 0 radical (unpaired) electrons. The molecule has 2 aliphatic rings. The molecule has 0 unspecified atom stereocenters. The maximum Gasteiger partial charge on any atom is 0.341 e. The quantitative estimate of drug-likeness (QED) is 0.267.